The van der Waals surface area contributed by atoms with Gasteiger partial charge in [0.15, 0.2) is 0 Å². The van der Waals surface area contributed by atoms with Gasteiger partial charge in [0, 0.05) is 48.0 Å². The van der Waals surface area contributed by atoms with Crippen molar-refractivity contribution in [3.8, 4) is 22.9 Å². The molecule has 0 unspecified atom stereocenters. The van der Waals surface area contributed by atoms with Crippen molar-refractivity contribution < 1.29 is 34.6 Å². The van der Waals surface area contributed by atoms with Gasteiger partial charge in [0.2, 0.25) is 0 Å². The SMILES string of the molecule is Cn1ccnc1-c1[c-]c(Oc2[c-]c(N(c3ccccc3)c3ccccn3)c3c(c2)oc2ccccc23)c2oc3ccccc3c2c1.[Pt+2]. The number of hydrogen-bond acceptors (Lipinski definition) is 6. The van der Waals surface area contributed by atoms with Crippen molar-refractivity contribution in [2.45, 2.75) is 0 Å². The van der Waals surface area contributed by atoms with E-state index in [0.29, 0.717) is 22.7 Å². The van der Waals surface area contributed by atoms with E-state index in [9.17, 15) is 0 Å². The Hall–Kier alpha value is -5.65. The monoisotopic (exact) mass is 791 g/mol. The molecule has 4 heterocycles. The van der Waals surface area contributed by atoms with Crippen molar-refractivity contribution in [3.05, 3.63) is 140 Å². The molecule has 0 saturated carbocycles. The molecule has 0 N–H and O–H groups in total. The van der Waals surface area contributed by atoms with Gasteiger partial charge in [-0.2, -0.15) is 0 Å². The number of furan rings is 2. The maximum atomic E-state index is 6.72. The van der Waals surface area contributed by atoms with E-state index in [4.69, 9.17) is 18.6 Å². The molecule has 0 amide bonds. The molecule has 0 aliphatic heterocycles. The molecule has 0 fully saturated rings. The molecule has 5 aromatic carbocycles. The van der Waals surface area contributed by atoms with E-state index in [1.807, 2.05) is 121 Å². The third-order valence-corrected chi connectivity index (χ3v) is 8.13. The van der Waals surface area contributed by atoms with Crippen LogP contribution in [0.5, 0.6) is 11.5 Å². The van der Waals surface area contributed by atoms with Gasteiger partial charge >= 0.3 is 21.1 Å². The van der Waals surface area contributed by atoms with Gasteiger partial charge in [-0.3, -0.25) is 4.98 Å². The van der Waals surface area contributed by atoms with Crippen molar-refractivity contribution in [1.29, 1.82) is 0 Å². The summed E-state index contributed by atoms with van der Waals surface area (Å²) in [5, 5.41) is 3.76. The zero-order valence-corrected chi connectivity index (χ0v) is 27.2. The van der Waals surface area contributed by atoms with Gasteiger partial charge in [-0.25, -0.2) is 4.98 Å². The summed E-state index contributed by atoms with van der Waals surface area (Å²) < 4.78 is 21.5. The fraction of sp³-hybridized carbons (Fsp3) is 0.0256. The first-order valence-corrected chi connectivity index (χ1v) is 14.9. The minimum Gasteiger partial charge on any atom is -0.499 e. The van der Waals surface area contributed by atoms with E-state index in [1.54, 1.807) is 12.4 Å². The van der Waals surface area contributed by atoms with Crippen molar-refractivity contribution in [2.24, 2.45) is 7.05 Å². The van der Waals surface area contributed by atoms with Gasteiger partial charge in [0.05, 0.1) is 17.2 Å². The number of aryl methyl sites for hydroxylation is 1. The Morgan fingerprint density at radius 2 is 1.45 bits per heavy atom. The largest absolute Gasteiger partial charge is 2.00 e. The summed E-state index contributed by atoms with van der Waals surface area (Å²) in [4.78, 5) is 11.4. The molecule has 0 aliphatic carbocycles. The maximum Gasteiger partial charge on any atom is 2.00 e. The molecule has 9 rings (SSSR count). The molecule has 4 aromatic heterocycles. The van der Waals surface area contributed by atoms with E-state index < -0.39 is 0 Å². The number of para-hydroxylation sites is 3. The average molecular weight is 792 g/mol. The second-order valence-corrected chi connectivity index (χ2v) is 11.0. The molecule has 228 valence electrons. The van der Waals surface area contributed by atoms with Crippen molar-refractivity contribution in [1.82, 2.24) is 14.5 Å². The summed E-state index contributed by atoms with van der Waals surface area (Å²) in [6.45, 7) is 0. The summed E-state index contributed by atoms with van der Waals surface area (Å²) in [6.07, 6.45) is 5.46. The van der Waals surface area contributed by atoms with Crippen LogP contribution in [0.3, 0.4) is 0 Å². The third-order valence-electron chi connectivity index (χ3n) is 8.13. The van der Waals surface area contributed by atoms with E-state index >= 15 is 0 Å². The number of ether oxygens (including phenoxy) is 1. The predicted octanol–water partition coefficient (Wildman–Crippen LogP) is 10.1. The van der Waals surface area contributed by atoms with E-state index in [0.717, 1.165) is 61.3 Å². The van der Waals surface area contributed by atoms with Crippen LogP contribution in [0.2, 0.25) is 0 Å². The Kier molecular flexibility index (Phi) is 7.11. The van der Waals surface area contributed by atoms with E-state index in [2.05, 4.69) is 28.1 Å². The standard InChI is InChI=1S/C39H24N4O3.Pt/c1-42-20-19-41-39(42)25-21-30-28-13-5-7-15-32(28)46-38(30)35(22-25)44-27-23-31(37-29-14-6-8-16-33(29)45-34(37)24-27)43(26-11-3-2-4-12-26)36-17-9-10-18-40-36;/h2-21,24H,1H3;/q-2;+2. The number of hydrogen-bond donors (Lipinski definition) is 0. The molecule has 47 heavy (non-hydrogen) atoms. The van der Waals surface area contributed by atoms with Gasteiger partial charge in [0.1, 0.15) is 17.0 Å². The van der Waals surface area contributed by atoms with Crippen LogP contribution in [0.15, 0.2) is 137 Å². The molecule has 0 saturated heterocycles. The van der Waals surface area contributed by atoms with Crippen LogP contribution in [0.4, 0.5) is 17.2 Å². The molecular formula is C39H24N4O3Pt. The van der Waals surface area contributed by atoms with Gasteiger partial charge in [-0.15, -0.1) is 17.7 Å². The molecule has 0 radical (unpaired) electrons. The molecule has 0 aliphatic rings. The van der Waals surface area contributed by atoms with Crippen LogP contribution >= 0.6 is 0 Å². The minimum absolute atomic E-state index is 0. The fourth-order valence-electron chi connectivity index (χ4n) is 6.07. The van der Waals surface area contributed by atoms with Crippen LogP contribution < -0.4 is 9.64 Å². The molecular weight excluding hydrogens is 768 g/mol. The number of fused-ring (bicyclic) bond motifs is 6. The molecule has 0 spiro atoms. The molecule has 0 atom stereocenters. The molecule has 8 heteroatoms. The second-order valence-electron chi connectivity index (χ2n) is 11.0. The minimum atomic E-state index is 0. The second kappa shape index (κ2) is 11.6. The van der Waals surface area contributed by atoms with Gasteiger partial charge in [0.25, 0.3) is 0 Å². The average Bonchev–Trinajstić information content (AvgIpc) is 3.80. The smallest absolute Gasteiger partial charge is 0.499 e. The van der Waals surface area contributed by atoms with Crippen molar-refractivity contribution in [2.75, 3.05) is 4.90 Å². The van der Waals surface area contributed by atoms with Crippen LogP contribution in [0, 0.1) is 12.1 Å². The van der Waals surface area contributed by atoms with Gasteiger partial charge in [-0.05, 0) is 41.8 Å². The van der Waals surface area contributed by atoms with Crippen LogP contribution in [-0.2, 0) is 28.1 Å². The molecule has 0 bridgehead atoms. The number of nitrogens with zero attached hydrogens (tertiary/aromatic N) is 4. The molecule has 9 aromatic rings. The zero-order valence-electron chi connectivity index (χ0n) is 25.0. The first-order valence-electron chi connectivity index (χ1n) is 14.9. The van der Waals surface area contributed by atoms with Crippen LogP contribution in [-0.4, -0.2) is 14.5 Å². The third kappa shape index (κ3) is 4.87. The fourth-order valence-corrected chi connectivity index (χ4v) is 6.07. The quantitative estimate of drug-likeness (QED) is 0.156. The Morgan fingerprint density at radius 3 is 2.21 bits per heavy atom. The number of benzene rings is 5. The van der Waals surface area contributed by atoms with E-state index in [1.165, 1.54) is 0 Å². The maximum absolute atomic E-state index is 6.72. The number of anilines is 3. The Balaban J connectivity index is 0.00000324. The summed E-state index contributed by atoms with van der Waals surface area (Å²) in [5.41, 5.74) is 5.21. The number of aromatic nitrogens is 3. The number of rotatable bonds is 6. The summed E-state index contributed by atoms with van der Waals surface area (Å²) in [6, 6.07) is 42.9. The van der Waals surface area contributed by atoms with E-state index in [-0.39, 0.29) is 21.1 Å². The Bertz CT molecular complexity index is 2500. The summed E-state index contributed by atoms with van der Waals surface area (Å²) >= 11 is 0. The zero-order chi connectivity index (χ0) is 30.6. The van der Waals surface area contributed by atoms with Gasteiger partial charge in [-0.1, -0.05) is 89.3 Å². The first kappa shape index (κ1) is 28.8. The Labute approximate surface area is 283 Å². The Morgan fingerprint density at radius 1 is 0.702 bits per heavy atom. The normalized spacial score (nSPS) is 11.3. The summed E-state index contributed by atoms with van der Waals surface area (Å²) in [7, 11) is 1.96. The first-order chi connectivity index (χ1) is 22.7. The van der Waals surface area contributed by atoms with Crippen LogP contribution in [0.25, 0.3) is 55.3 Å². The van der Waals surface area contributed by atoms with Crippen molar-refractivity contribution in [3.63, 3.8) is 0 Å². The molecule has 7 nitrogen and oxygen atoms in total. The number of pyridine rings is 1. The predicted molar refractivity (Wildman–Crippen MR) is 180 cm³/mol. The number of imidazole rings is 1. The van der Waals surface area contributed by atoms with Crippen molar-refractivity contribution >= 4 is 61.1 Å². The van der Waals surface area contributed by atoms with Gasteiger partial charge < -0.3 is 23.0 Å². The summed E-state index contributed by atoms with van der Waals surface area (Å²) in [5.74, 6) is 2.36. The topological polar surface area (TPSA) is 69.5 Å². The van der Waals surface area contributed by atoms with Crippen LogP contribution in [0.1, 0.15) is 0 Å².